The maximum Gasteiger partial charge on any atom is 0.276 e. The van der Waals surface area contributed by atoms with E-state index in [4.69, 9.17) is 14.3 Å². The van der Waals surface area contributed by atoms with Crippen LogP contribution in [-0.4, -0.2) is 17.7 Å². The Labute approximate surface area is 162 Å². The van der Waals surface area contributed by atoms with Crippen molar-refractivity contribution < 1.29 is 19.1 Å². The number of ether oxygens (including phenoxy) is 2. The summed E-state index contributed by atoms with van der Waals surface area (Å²) in [5.74, 6) is 1.07. The zero-order valence-electron chi connectivity index (χ0n) is 15.1. The van der Waals surface area contributed by atoms with Gasteiger partial charge in [-0.3, -0.25) is 14.6 Å². The predicted octanol–water partition coefficient (Wildman–Crippen LogP) is 3.28. The Morgan fingerprint density at radius 2 is 1.82 bits per heavy atom. The minimum absolute atomic E-state index is 0.217. The van der Waals surface area contributed by atoms with E-state index in [1.165, 1.54) is 0 Å². The van der Waals surface area contributed by atoms with Crippen LogP contribution in [0.2, 0.25) is 0 Å². The van der Waals surface area contributed by atoms with Gasteiger partial charge in [0.05, 0.1) is 12.2 Å². The van der Waals surface area contributed by atoms with Crippen LogP contribution >= 0.6 is 0 Å². The summed E-state index contributed by atoms with van der Waals surface area (Å²) in [5.41, 5.74) is 5.66. The van der Waals surface area contributed by atoms with E-state index in [-0.39, 0.29) is 19.3 Å². The number of carbonyl (C=O) groups excluding carboxylic acids is 1. The minimum Gasteiger partial charge on any atom is -0.454 e. The molecule has 1 amide bonds. The Balaban J connectivity index is 1.34. The average molecular weight is 377 g/mol. The largest absolute Gasteiger partial charge is 0.454 e. The topological polar surface area (TPSA) is 81.7 Å². The molecule has 0 aliphatic carbocycles. The number of para-hydroxylation sites is 1. The van der Waals surface area contributed by atoms with E-state index in [9.17, 15) is 4.79 Å². The van der Waals surface area contributed by atoms with Crippen LogP contribution in [0.15, 0.2) is 67.0 Å². The Morgan fingerprint density at radius 1 is 1.00 bits per heavy atom. The van der Waals surface area contributed by atoms with E-state index in [1.54, 1.807) is 18.5 Å². The maximum absolute atomic E-state index is 12.5. The first-order chi connectivity index (χ1) is 13.8. The van der Waals surface area contributed by atoms with Crippen molar-refractivity contribution in [3.63, 3.8) is 0 Å². The number of fused-ring (bicyclic) bond motifs is 1. The molecule has 0 saturated carbocycles. The van der Waals surface area contributed by atoms with Crippen LogP contribution in [0.5, 0.6) is 11.5 Å². The molecule has 0 unspecified atom stereocenters. The highest BCUT2D eigenvalue weighted by Crippen LogP contribution is 2.32. The fourth-order valence-electron chi connectivity index (χ4n) is 2.80. The SMILES string of the molecule is O=C(NOCc1ccc2c(c1)OCO2)c1ccccc1NCc1ccncc1. The summed E-state index contributed by atoms with van der Waals surface area (Å²) in [6.45, 7) is 1.03. The van der Waals surface area contributed by atoms with Gasteiger partial charge in [-0.05, 0) is 47.5 Å². The van der Waals surface area contributed by atoms with Crippen molar-refractivity contribution in [2.45, 2.75) is 13.2 Å². The number of hydrogen-bond donors (Lipinski definition) is 2. The first kappa shape index (κ1) is 17.8. The molecule has 3 aromatic rings. The predicted molar refractivity (Wildman–Crippen MR) is 103 cm³/mol. The Hall–Kier alpha value is -3.58. The molecule has 1 aromatic heterocycles. The molecule has 0 spiro atoms. The van der Waals surface area contributed by atoms with E-state index >= 15 is 0 Å². The molecule has 142 valence electrons. The number of anilines is 1. The number of benzene rings is 2. The van der Waals surface area contributed by atoms with E-state index < -0.39 is 0 Å². The number of hydrogen-bond acceptors (Lipinski definition) is 6. The standard InChI is InChI=1S/C21H19N3O4/c25-21(24-28-13-16-5-6-19-20(11-16)27-14-26-19)17-3-1-2-4-18(17)23-12-15-7-9-22-10-8-15/h1-11,23H,12-14H2,(H,24,25). The lowest BCUT2D eigenvalue weighted by Gasteiger charge is -2.12. The van der Waals surface area contributed by atoms with Crippen LogP contribution in [0.3, 0.4) is 0 Å². The molecule has 2 heterocycles. The Bertz CT molecular complexity index is 963. The number of nitrogens with one attached hydrogen (secondary N) is 2. The maximum atomic E-state index is 12.5. The molecule has 0 saturated heterocycles. The van der Waals surface area contributed by atoms with Crippen LogP contribution in [0.1, 0.15) is 21.5 Å². The van der Waals surface area contributed by atoms with Gasteiger partial charge in [-0.2, -0.15) is 0 Å². The highest BCUT2D eigenvalue weighted by Gasteiger charge is 2.14. The fourth-order valence-corrected chi connectivity index (χ4v) is 2.80. The van der Waals surface area contributed by atoms with Crippen molar-refractivity contribution in [2.75, 3.05) is 12.1 Å². The summed E-state index contributed by atoms with van der Waals surface area (Å²) in [6, 6.07) is 16.6. The first-order valence-corrected chi connectivity index (χ1v) is 8.82. The van der Waals surface area contributed by atoms with Crippen molar-refractivity contribution in [3.05, 3.63) is 83.7 Å². The zero-order chi connectivity index (χ0) is 19.2. The molecule has 1 aliphatic rings. The van der Waals surface area contributed by atoms with Crippen molar-refractivity contribution >= 4 is 11.6 Å². The second-order valence-electron chi connectivity index (χ2n) is 6.16. The van der Waals surface area contributed by atoms with Crippen LogP contribution in [0.4, 0.5) is 5.69 Å². The molecule has 0 atom stereocenters. The van der Waals surface area contributed by atoms with Gasteiger partial charge in [0.25, 0.3) is 5.91 Å². The second kappa shape index (κ2) is 8.41. The van der Waals surface area contributed by atoms with Gasteiger partial charge in [0, 0.05) is 24.6 Å². The van der Waals surface area contributed by atoms with E-state index in [0.717, 1.165) is 16.8 Å². The van der Waals surface area contributed by atoms with Gasteiger partial charge in [-0.1, -0.05) is 18.2 Å². The highest BCUT2D eigenvalue weighted by atomic mass is 16.7. The number of hydroxylamine groups is 1. The molecule has 7 heteroatoms. The number of nitrogens with zero attached hydrogens (tertiary/aromatic N) is 1. The van der Waals surface area contributed by atoms with Gasteiger partial charge in [0.15, 0.2) is 11.5 Å². The van der Waals surface area contributed by atoms with Crippen molar-refractivity contribution in [1.82, 2.24) is 10.5 Å². The molecule has 1 aliphatic heterocycles. The lowest BCUT2D eigenvalue weighted by atomic mass is 10.1. The lowest BCUT2D eigenvalue weighted by molar-refractivity contribution is 0.0234. The summed E-state index contributed by atoms with van der Waals surface area (Å²) in [5, 5.41) is 3.27. The van der Waals surface area contributed by atoms with E-state index in [1.807, 2.05) is 48.5 Å². The molecular weight excluding hydrogens is 358 g/mol. The van der Waals surface area contributed by atoms with Crippen LogP contribution in [0, 0.1) is 0 Å². The molecule has 0 bridgehead atoms. The molecule has 7 nitrogen and oxygen atoms in total. The van der Waals surface area contributed by atoms with Crippen molar-refractivity contribution in [2.24, 2.45) is 0 Å². The van der Waals surface area contributed by atoms with Crippen LogP contribution in [-0.2, 0) is 18.0 Å². The monoisotopic (exact) mass is 377 g/mol. The summed E-state index contributed by atoms with van der Waals surface area (Å²) in [6.07, 6.45) is 3.47. The van der Waals surface area contributed by atoms with E-state index in [0.29, 0.717) is 23.6 Å². The molecule has 2 aromatic carbocycles. The third-order valence-electron chi connectivity index (χ3n) is 4.24. The smallest absolute Gasteiger partial charge is 0.276 e. The molecule has 0 radical (unpaired) electrons. The molecule has 0 fully saturated rings. The molecule has 2 N–H and O–H groups in total. The van der Waals surface area contributed by atoms with Gasteiger partial charge in [0.1, 0.15) is 0 Å². The number of carbonyl (C=O) groups is 1. The van der Waals surface area contributed by atoms with Gasteiger partial charge < -0.3 is 14.8 Å². The van der Waals surface area contributed by atoms with E-state index in [2.05, 4.69) is 15.8 Å². The van der Waals surface area contributed by atoms with Crippen molar-refractivity contribution in [3.8, 4) is 11.5 Å². The van der Waals surface area contributed by atoms with Crippen molar-refractivity contribution in [1.29, 1.82) is 0 Å². The summed E-state index contributed by atoms with van der Waals surface area (Å²) in [4.78, 5) is 21.9. The normalized spacial score (nSPS) is 11.9. The quantitative estimate of drug-likeness (QED) is 0.615. The number of pyridine rings is 1. The third-order valence-corrected chi connectivity index (χ3v) is 4.24. The fraction of sp³-hybridized carbons (Fsp3) is 0.143. The van der Waals surface area contributed by atoms with Crippen LogP contribution in [0.25, 0.3) is 0 Å². The van der Waals surface area contributed by atoms with Gasteiger partial charge >= 0.3 is 0 Å². The highest BCUT2D eigenvalue weighted by molar-refractivity contribution is 5.99. The molecule has 28 heavy (non-hydrogen) atoms. The molecular formula is C21H19N3O4. The average Bonchev–Trinajstić information content (AvgIpc) is 3.21. The third kappa shape index (κ3) is 4.21. The number of amides is 1. The second-order valence-corrected chi connectivity index (χ2v) is 6.16. The Morgan fingerprint density at radius 3 is 2.71 bits per heavy atom. The summed E-state index contributed by atoms with van der Waals surface area (Å²) < 4.78 is 10.6. The number of rotatable bonds is 7. The summed E-state index contributed by atoms with van der Waals surface area (Å²) in [7, 11) is 0. The minimum atomic E-state index is -0.321. The number of aromatic nitrogens is 1. The van der Waals surface area contributed by atoms with Gasteiger partial charge in [-0.25, -0.2) is 5.48 Å². The van der Waals surface area contributed by atoms with Crippen LogP contribution < -0.4 is 20.3 Å². The van der Waals surface area contributed by atoms with Gasteiger partial charge in [0.2, 0.25) is 6.79 Å². The first-order valence-electron chi connectivity index (χ1n) is 8.82. The lowest BCUT2D eigenvalue weighted by Crippen LogP contribution is -2.24. The molecule has 4 rings (SSSR count). The summed E-state index contributed by atoms with van der Waals surface area (Å²) >= 11 is 0. The zero-order valence-corrected chi connectivity index (χ0v) is 15.1. The Kier molecular flexibility index (Phi) is 5.35. The van der Waals surface area contributed by atoms with Gasteiger partial charge in [-0.15, -0.1) is 0 Å².